The Bertz CT molecular complexity index is 564. The summed E-state index contributed by atoms with van der Waals surface area (Å²) < 4.78 is 0. The number of benzene rings is 1. The van der Waals surface area contributed by atoms with E-state index in [0.717, 1.165) is 10.6 Å². The highest BCUT2D eigenvalue weighted by Crippen LogP contribution is 2.32. The first-order valence-electron chi connectivity index (χ1n) is 6.01. The second-order valence-corrected chi connectivity index (χ2v) is 5.52. The van der Waals surface area contributed by atoms with Crippen LogP contribution in [-0.4, -0.2) is 4.98 Å². The number of nitrogens with two attached hydrogens (primary N) is 1. The minimum Gasteiger partial charge on any atom is -0.326 e. The molecule has 1 aromatic heterocycles. The summed E-state index contributed by atoms with van der Waals surface area (Å²) in [5.74, 6) is 0. The van der Waals surface area contributed by atoms with Crippen LogP contribution in [0, 0.1) is 20.8 Å². The van der Waals surface area contributed by atoms with Gasteiger partial charge in [-0.25, -0.2) is 4.98 Å². The first-order valence-corrected chi connectivity index (χ1v) is 6.83. The normalized spacial score (nSPS) is 10.7. The van der Waals surface area contributed by atoms with Gasteiger partial charge in [0.15, 0.2) is 0 Å². The number of nitrogens with zero attached hydrogens (tertiary/aromatic N) is 1. The van der Waals surface area contributed by atoms with Crippen LogP contribution in [-0.2, 0) is 6.54 Å². The molecule has 1 heterocycles. The molecule has 94 valence electrons. The summed E-state index contributed by atoms with van der Waals surface area (Å²) in [7, 11) is 0. The van der Waals surface area contributed by atoms with Crippen molar-refractivity contribution in [3.8, 4) is 0 Å². The van der Waals surface area contributed by atoms with Gasteiger partial charge in [0.1, 0.15) is 5.03 Å². The van der Waals surface area contributed by atoms with Crippen molar-refractivity contribution in [2.24, 2.45) is 5.73 Å². The third-order valence-corrected chi connectivity index (χ3v) is 4.21. The maximum absolute atomic E-state index is 5.81. The lowest BCUT2D eigenvalue weighted by atomic mass is 10.2. The van der Waals surface area contributed by atoms with Gasteiger partial charge in [-0.3, -0.25) is 0 Å². The lowest BCUT2D eigenvalue weighted by Gasteiger charge is -2.11. The van der Waals surface area contributed by atoms with Gasteiger partial charge in [0.25, 0.3) is 0 Å². The van der Waals surface area contributed by atoms with Crippen molar-refractivity contribution in [1.82, 2.24) is 4.98 Å². The molecule has 0 radical (unpaired) electrons. The molecular formula is C15H18N2S. The molecule has 0 saturated carbocycles. The Hall–Kier alpha value is -1.32. The van der Waals surface area contributed by atoms with Gasteiger partial charge in [-0.1, -0.05) is 29.5 Å². The van der Waals surface area contributed by atoms with Gasteiger partial charge in [-0.2, -0.15) is 0 Å². The van der Waals surface area contributed by atoms with Crippen LogP contribution in [0.2, 0.25) is 0 Å². The lowest BCUT2D eigenvalue weighted by molar-refractivity contribution is 0.942. The second-order valence-electron chi connectivity index (χ2n) is 4.49. The third kappa shape index (κ3) is 2.74. The Kier molecular flexibility index (Phi) is 4.04. The van der Waals surface area contributed by atoms with E-state index in [1.807, 2.05) is 12.3 Å². The van der Waals surface area contributed by atoms with Crippen LogP contribution in [0.15, 0.2) is 40.4 Å². The Labute approximate surface area is 113 Å². The molecule has 2 nitrogen and oxygen atoms in total. The largest absolute Gasteiger partial charge is 0.326 e. The molecular weight excluding hydrogens is 240 g/mol. The van der Waals surface area contributed by atoms with E-state index in [9.17, 15) is 0 Å². The summed E-state index contributed by atoms with van der Waals surface area (Å²) in [6.07, 6.45) is 1.85. The molecule has 0 unspecified atom stereocenters. The molecule has 0 spiro atoms. The Morgan fingerprint density at radius 3 is 2.56 bits per heavy atom. The highest BCUT2D eigenvalue weighted by atomic mass is 32.2. The van der Waals surface area contributed by atoms with Gasteiger partial charge in [-0.15, -0.1) is 0 Å². The second kappa shape index (κ2) is 5.55. The van der Waals surface area contributed by atoms with E-state index in [4.69, 9.17) is 5.73 Å². The molecule has 2 aromatic rings. The SMILES string of the molecule is Cc1ccc(Sc2nccc(C)c2CN)c(C)c1. The molecule has 0 saturated heterocycles. The van der Waals surface area contributed by atoms with Crippen molar-refractivity contribution in [3.05, 3.63) is 52.7 Å². The molecule has 0 aliphatic heterocycles. The Morgan fingerprint density at radius 2 is 1.89 bits per heavy atom. The zero-order valence-electron chi connectivity index (χ0n) is 11.0. The van der Waals surface area contributed by atoms with E-state index in [1.165, 1.54) is 21.6 Å². The maximum atomic E-state index is 5.81. The molecule has 2 rings (SSSR count). The third-order valence-electron chi connectivity index (χ3n) is 2.99. The van der Waals surface area contributed by atoms with Crippen molar-refractivity contribution in [2.45, 2.75) is 37.2 Å². The number of hydrogen-bond acceptors (Lipinski definition) is 3. The summed E-state index contributed by atoms with van der Waals surface area (Å²) >= 11 is 1.70. The van der Waals surface area contributed by atoms with Crippen molar-refractivity contribution in [3.63, 3.8) is 0 Å². The molecule has 0 amide bonds. The average molecular weight is 258 g/mol. The average Bonchev–Trinajstić information content (AvgIpc) is 2.33. The highest BCUT2D eigenvalue weighted by molar-refractivity contribution is 7.99. The van der Waals surface area contributed by atoms with E-state index in [-0.39, 0.29) is 0 Å². The summed E-state index contributed by atoms with van der Waals surface area (Å²) in [4.78, 5) is 5.70. The molecule has 0 aliphatic rings. The molecule has 0 aliphatic carbocycles. The Balaban J connectivity index is 2.37. The zero-order valence-corrected chi connectivity index (χ0v) is 11.8. The molecule has 0 bridgehead atoms. The fourth-order valence-electron chi connectivity index (χ4n) is 1.92. The predicted molar refractivity (Wildman–Crippen MR) is 76.9 cm³/mol. The highest BCUT2D eigenvalue weighted by Gasteiger charge is 2.08. The fourth-order valence-corrected chi connectivity index (χ4v) is 2.96. The summed E-state index contributed by atoms with van der Waals surface area (Å²) in [5.41, 5.74) is 10.7. The number of rotatable bonds is 3. The van der Waals surface area contributed by atoms with E-state index in [2.05, 4.69) is 44.0 Å². The minimum absolute atomic E-state index is 0.535. The number of pyridine rings is 1. The van der Waals surface area contributed by atoms with Crippen LogP contribution < -0.4 is 5.73 Å². The quantitative estimate of drug-likeness (QED) is 0.914. The standard InChI is InChI=1S/C15H18N2S/c1-10-4-5-14(12(3)8-10)18-15-13(9-16)11(2)6-7-17-15/h4-8H,9,16H2,1-3H3. The molecule has 1 aromatic carbocycles. The van der Waals surface area contributed by atoms with E-state index in [1.54, 1.807) is 11.8 Å². The van der Waals surface area contributed by atoms with Crippen LogP contribution in [0.25, 0.3) is 0 Å². The van der Waals surface area contributed by atoms with Crippen LogP contribution in [0.3, 0.4) is 0 Å². The first-order chi connectivity index (χ1) is 8.61. The number of aromatic nitrogens is 1. The van der Waals surface area contributed by atoms with Gasteiger partial charge in [-0.05, 0) is 44.0 Å². The number of aryl methyl sites for hydroxylation is 3. The predicted octanol–water partition coefficient (Wildman–Crippen LogP) is 3.62. The van der Waals surface area contributed by atoms with Gasteiger partial charge in [0.2, 0.25) is 0 Å². The molecule has 0 fully saturated rings. The zero-order chi connectivity index (χ0) is 13.1. The van der Waals surface area contributed by atoms with Crippen molar-refractivity contribution in [2.75, 3.05) is 0 Å². The Morgan fingerprint density at radius 1 is 1.11 bits per heavy atom. The topological polar surface area (TPSA) is 38.9 Å². The monoisotopic (exact) mass is 258 g/mol. The van der Waals surface area contributed by atoms with Gasteiger partial charge < -0.3 is 5.73 Å². The molecule has 18 heavy (non-hydrogen) atoms. The number of hydrogen-bond donors (Lipinski definition) is 1. The van der Waals surface area contributed by atoms with E-state index in [0.29, 0.717) is 6.54 Å². The van der Waals surface area contributed by atoms with Crippen LogP contribution in [0.4, 0.5) is 0 Å². The van der Waals surface area contributed by atoms with Crippen LogP contribution in [0.1, 0.15) is 22.3 Å². The summed E-state index contributed by atoms with van der Waals surface area (Å²) in [6, 6.07) is 8.49. The van der Waals surface area contributed by atoms with Crippen molar-refractivity contribution < 1.29 is 0 Å². The van der Waals surface area contributed by atoms with Gasteiger partial charge >= 0.3 is 0 Å². The first kappa shape index (κ1) is 13.1. The van der Waals surface area contributed by atoms with Gasteiger partial charge in [0.05, 0.1) is 0 Å². The summed E-state index contributed by atoms with van der Waals surface area (Å²) in [6.45, 7) is 6.85. The molecule has 0 atom stereocenters. The lowest BCUT2D eigenvalue weighted by Crippen LogP contribution is -2.02. The fraction of sp³-hybridized carbons (Fsp3) is 0.267. The van der Waals surface area contributed by atoms with Gasteiger partial charge in [0, 0.05) is 23.2 Å². The van der Waals surface area contributed by atoms with Crippen LogP contribution >= 0.6 is 11.8 Å². The maximum Gasteiger partial charge on any atom is 0.105 e. The molecule has 2 N–H and O–H groups in total. The molecule has 3 heteroatoms. The van der Waals surface area contributed by atoms with Crippen LogP contribution in [0.5, 0.6) is 0 Å². The summed E-state index contributed by atoms with van der Waals surface area (Å²) in [5, 5.41) is 1.02. The van der Waals surface area contributed by atoms with E-state index >= 15 is 0 Å². The minimum atomic E-state index is 0.535. The van der Waals surface area contributed by atoms with E-state index < -0.39 is 0 Å². The van der Waals surface area contributed by atoms with Crippen molar-refractivity contribution in [1.29, 1.82) is 0 Å². The smallest absolute Gasteiger partial charge is 0.105 e. The van der Waals surface area contributed by atoms with Crippen molar-refractivity contribution >= 4 is 11.8 Å².